The summed E-state index contributed by atoms with van der Waals surface area (Å²) in [4.78, 5) is 4.60. The Morgan fingerprint density at radius 3 is 2.76 bits per heavy atom. The van der Waals surface area contributed by atoms with Crippen molar-refractivity contribution < 1.29 is 4.74 Å². The first-order valence-corrected chi connectivity index (χ1v) is 6.73. The summed E-state index contributed by atoms with van der Waals surface area (Å²) in [6.07, 6.45) is 0.577. The molecule has 0 bridgehead atoms. The molecule has 3 aromatic rings. The molecule has 0 aliphatic rings. The first-order valence-electron chi connectivity index (χ1n) is 6.73. The van der Waals surface area contributed by atoms with Crippen LogP contribution < -0.4 is 4.74 Å². The van der Waals surface area contributed by atoms with Crippen LogP contribution in [0.5, 0.6) is 5.75 Å². The van der Waals surface area contributed by atoms with Crippen LogP contribution in [0.4, 0.5) is 0 Å². The number of aryl methyl sites for hydroxylation is 1. The Morgan fingerprint density at radius 1 is 1.19 bits per heavy atom. The van der Waals surface area contributed by atoms with Crippen molar-refractivity contribution in [1.29, 1.82) is 5.26 Å². The van der Waals surface area contributed by atoms with Gasteiger partial charge in [-0.05, 0) is 25.1 Å². The molecule has 0 aliphatic carbocycles. The number of para-hydroxylation sites is 1. The second kappa shape index (κ2) is 5.29. The molecule has 0 radical (unpaired) electrons. The van der Waals surface area contributed by atoms with E-state index in [1.54, 1.807) is 7.11 Å². The van der Waals surface area contributed by atoms with Gasteiger partial charge < -0.3 is 4.74 Å². The van der Waals surface area contributed by atoms with E-state index in [0.717, 1.165) is 28.3 Å². The summed E-state index contributed by atoms with van der Waals surface area (Å²) >= 11 is 0. The molecule has 0 fully saturated rings. The van der Waals surface area contributed by atoms with Gasteiger partial charge in [0, 0.05) is 17.7 Å². The van der Waals surface area contributed by atoms with E-state index >= 15 is 0 Å². The predicted molar refractivity (Wildman–Crippen MR) is 80.4 cm³/mol. The lowest BCUT2D eigenvalue weighted by molar-refractivity contribution is 0.410. The molecule has 0 spiro atoms. The summed E-state index contributed by atoms with van der Waals surface area (Å²) in [5.74, 6) is 0.815. The highest BCUT2D eigenvalue weighted by molar-refractivity contribution is 5.50. The summed E-state index contributed by atoms with van der Waals surface area (Å²) in [6.45, 7) is 1.97. The molecule has 4 nitrogen and oxygen atoms in total. The summed E-state index contributed by atoms with van der Waals surface area (Å²) in [5, 5.41) is 9.49. The molecule has 2 aromatic heterocycles. The number of hydrogen-bond donors (Lipinski definition) is 0. The third-order valence-electron chi connectivity index (χ3n) is 3.57. The minimum atomic E-state index is 0.577. The van der Waals surface area contributed by atoms with E-state index in [9.17, 15) is 5.26 Å². The van der Waals surface area contributed by atoms with Gasteiger partial charge in [0.2, 0.25) is 0 Å². The highest BCUT2D eigenvalue weighted by Gasteiger charge is 2.15. The van der Waals surface area contributed by atoms with Crippen molar-refractivity contribution in [3.63, 3.8) is 0 Å². The molecule has 0 amide bonds. The van der Waals surface area contributed by atoms with E-state index in [1.807, 2.05) is 53.8 Å². The quantitative estimate of drug-likeness (QED) is 0.739. The van der Waals surface area contributed by atoms with E-state index in [1.165, 1.54) is 0 Å². The van der Waals surface area contributed by atoms with Crippen molar-refractivity contribution in [3.8, 4) is 11.8 Å². The van der Waals surface area contributed by atoms with E-state index < -0.39 is 0 Å². The fourth-order valence-electron chi connectivity index (χ4n) is 2.57. The van der Waals surface area contributed by atoms with Crippen LogP contribution >= 0.6 is 0 Å². The van der Waals surface area contributed by atoms with Gasteiger partial charge in [-0.25, -0.2) is 4.98 Å². The highest BCUT2D eigenvalue weighted by Crippen LogP contribution is 2.23. The maximum absolute atomic E-state index is 9.49. The van der Waals surface area contributed by atoms with Crippen LogP contribution in [0.3, 0.4) is 0 Å². The molecule has 104 valence electrons. The highest BCUT2D eigenvalue weighted by atomic mass is 16.5. The number of imidazole rings is 1. The van der Waals surface area contributed by atoms with E-state index in [-0.39, 0.29) is 0 Å². The summed E-state index contributed by atoms with van der Waals surface area (Å²) in [6, 6.07) is 15.9. The number of hydrogen-bond acceptors (Lipinski definition) is 3. The first-order chi connectivity index (χ1) is 10.2. The molecule has 4 heteroatoms. The van der Waals surface area contributed by atoms with Crippen LogP contribution in [0.1, 0.15) is 22.6 Å². The Balaban J connectivity index is 2.13. The van der Waals surface area contributed by atoms with Crippen molar-refractivity contribution in [1.82, 2.24) is 9.38 Å². The lowest BCUT2D eigenvalue weighted by Gasteiger charge is -2.06. The van der Waals surface area contributed by atoms with Crippen molar-refractivity contribution in [2.75, 3.05) is 7.11 Å². The van der Waals surface area contributed by atoms with Gasteiger partial charge >= 0.3 is 0 Å². The van der Waals surface area contributed by atoms with E-state index in [2.05, 4.69) is 11.1 Å². The topological polar surface area (TPSA) is 50.3 Å². The van der Waals surface area contributed by atoms with Gasteiger partial charge in [0.25, 0.3) is 0 Å². The number of nitrogens with zero attached hydrogens (tertiary/aromatic N) is 3. The number of rotatable bonds is 3. The van der Waals surface area contributed by atoms with Gasteiger partial charge in [-0.2, -0.15) is 5.26 Å². The van der Waals surface area contributed by atoms with Gasteiger partial charge in [-0.3, -0.25) is 4.40 Å². The number of pyridine rings is 1. The smallest absolute Gasteiger partial charge is 0.148 e. The van der Waals surface area contributed by atoms with Gasteiger partial charge in [0.15, 0.2) is 0 Å². The number of nitriles is 1. The molecule has 0 saturated carbocycles. The van der Waals surface area contributed by atoms with Crippen LogP contribution in [-0.2, 0) is 6.42 Å². The lowest BCUT2D eigenvalue weighted by Crippen LogP contribution is -1.98. The normalized spacial score (nSPS) is 10.5. The number of methoxy groups -OCH3 is 1. The molecule has 3 rings (SSSR count). The molecule has 0 unspecified atom stereocenters. The minimum Gasteiger partial charge on any atom is -0.496 e. The second-order valence-electron chi connectivity index (χ2n) is 4.87. The monoisotopic (exact) mass is 277 g/mol. The lowest BCUT2D eigenvalue weighted by atomic mass is 10.1. The average Bonchev–Trinajstić information content (AvgIpc) is 2.86. The molecule has 2 heterocycles. The van der Waals surface area contributed by atoms with Gasteiger partial charge in [0.1, 0.15) is 23.2 Å². The maximum atomic E-state index is 9.49. The Labute approximate surface area is 123 Å². The largest absolute Gasteiger partial charge is 0.496 e. The third-order valence-corrected chi connectivity index (χ3v) is 3.57. The van der Waals surface area contributed by atoms with Crippen LogP contribution in [0.15, 0.2) is 42.5 Å². The standard InChI is InChI=1S/C17H15N3O/c1-12-6-5-9-17-19-14(15(11-18)20(12)17)10-13-7-3-4-8-16(13)21-2/h3-9H,10H2,1-2H3. The number of aromatic nitrogens is 2. The average molecular weight is 277 g/mol. The summed E-state index contributed by atoms with van der Waals surface area (Å²) in [7, 11) is 1.65. The molecule has 1 aromatic carbocycles. The maximum Gasteiger partial charge on any atom is 0.148 e. The van der Waals surface area contributed by atoms with E-state index in [0.29, 0.717) is 12.1 Å². The van der Waals surface area contributed by atoms with Crippen LogP contribution in [-0.4, -0.2) is 16.5 Å². The van der Waals surface area contributed by atoms with Gasteiger partial charge in [-0.1, -0.05) is 24.3 Å². The molecule has 21 heavy (non-hydrogen) atoms. The fourth-order valence-corrected chi connectivity index (χ4v) is 2.57. The SMILES string of the molecule is COc1ccccc1Cc1nc2cccc(C)n2c1C#N. The minimum absolute atomic E-state index is 0.577. The third kappa shape index (κ3) is 2.23. The van der Waals surface area contributed by atoms with Crippen molar-refractivity contribution in [2.45, 2.75) is 13.3 Å². The molecule has 0 atom stereocenters. The molecule has 0 aliphatic heterocycles. The Morgan fingerprint density at radius 2 is 2.00 bits per heavy atom. The molecule has 0 N–H and O–H groups in total. The Kier molecular flexibility index (Phi) is 3.33. The molecular formula is C17H15N3O. The second-order valence-corrected chi connectivity index (χ2v) is 4.87. The van der Waals surface area contributed by atoms with Crippen LogP contribution in [0, 0.1) is 18.3 Å². The predicted octanol–water partition coefficient (Wildman–Crippen LogP) is 3.11. The number of ether oxygens (including phenoxy) is 1. The number of fused-ring (bicyclic) bond motifs is 1. The zero-order valence-corrected chi connectivity index (χ0v) is 12.0. The zero-order valence-electron chi connectivity index (χ0n) is 12.0. The number of benzene rings is 1. The van der Waals surface area contributed by atoms with Gasteiger partial charge in [0.05, 0.1) is 12.8 Å². The molecule has 0 saturated heterocycles. The zero-order chi connectivity index (χ0) is 14.8. The van der Waals surface area contributed by atoms with E-state index in [4.69, 9.17) is 4.74 Å². The first kappa shape index (κ1) is 13.2. The van der Waals surface area contributed by atoms with Crippen molar-refractivity contribution in [2.24, 2.45) is 0 Å². The van der Waals surface area contributed by atoms with Crippen LogP contribution in [0.25, 0.3) is 5.65 Å². The van der Waals surface area contributed by atoms with Crippen LogP contribution in [0.2, 0.25) is 0 Å². The van der Waals surface area contributed by atoms with Gasteiger partial charge in [-0.15, -0.1) is 0 Å². The van der Waals surface area contributed by atoms with Crippen molar-refractivity contribution in [3.05, 3.63) is 65.1 Å². The fraction of sp³-hybridized carbons (Fsp3) is 0.176. The van der Waals surface area contributed by atoms with Crippen molar-refractivity contribution >= 4 is 5.65 Å². The Bertz CT molecular complexity index is 843. The molecular weight excluding hydrogens is 262 g/mol. The summed E-state index contributed by atoms with van der Waals surface area (Å²) in [5.41, 5.74) is 4.20. The summed E-state index contributed by atoms with van der Waals surface area (Å²) < 4.78 is 7.26. The Hall–Kier alpha value is -2.80.